The first-order valence-corrected chi connectivity index (χ1v) is 12.4. The second-order valence-corrected chi connectivity index (χ2v) is 9.16. The van der Waals surface area contributed by atoms with Gasteiger partial charge in [0.15, 0.2) is 5.82 Å². The van der Waals surface area contributed by atoms with Crippen LogP contribution in [0.15, 0.2) is 72.8 Å². The van der Waals surface area contributed by atoms with E-state index < -0.39 is 23.2 Å². The van der Waals surface area contributed by atoms with E-state index in [1.807, 2.05) is 30.3 Å². The number of aromatic hydroxyl groups is 1. The van der Waals surface area contributed by atoms with Crippen LogP contribution in [0, 0.1) is 11.6 Å². The van der Waals surface area contributed by atoms with Gasteiger partial charge in [-0.3, -0.25) is 0 Å². The minimum absolute atomic E-state index is 0.237. The standard InChI is InChI=1S/C28H30F2N6O2/c1-36-34-26(33-35-36)10-6-3-7-15-31-27(38)32-28(19-20-8-4-2-5-9-20,21-11-13-23(29)14-12-21)22-16-24(30)18-25(37)17-22/h2,4-5,8-9,11-14,16-18,37H,3,6-7,10,15,19H2,1H3,(H2,31,32,38)/t28-/m1/s1. The van der Waals surface area contributed by atoms with Crippen LogP contribution >= 0.6 is 0 Å². The van der Waals surface area contributed by atoms with E-state index in [0.717, 1.165) is 30.9 Å². The molecule has 3 N–H and O–H groups in total. The highest BCUT2D eigenvalue weighted by molar-refractivity contribution is 5.76. The number of nitrogens with zero attached hydrogens (tertiary/aromatic N) is 4. The van der Waals surface area contributed by atoms with Gasteiger partial charge in [0.2, 0.25) is 0 Å². The Morgan fingerprint density at radius 3 is 2.39 bits per heavy atom. The van der Waals surface area contributed by atoms with Crippen LogP contribution in [-0.4, -0.2) is 37.9 Å². The number of aryl methyl sites for hydroxylation is 2. The molecule has 0 radical (unpaired) electrons. The molecule has 4 aromatic rings. The molecule has 0 aliphatic carbocycles. The zero-order chi connectivity index (χ0) is 27.0. The second-order valence-electron chi connectivity index (χ2n) is 9.16. The van der Waals surface area contributed by atoms with Gasteiger partial charge < -0.3 is 15.7 Å². The van der Waals surface area contributed by atoms with Gasteiger partial charge in [-0.1, -0.05) is 48.9 Å². The molecule has 198 valence electrons. The maximum absolute atomic E-state index is 14.5. The topological polar surface area (TPSA) is 105 Å². The van der Waals surface area contributed by atoms with Gasteiger partial charge in [-0.25, -0.2) is 13.6 Å². The van der Waals surface area contributed by atoms with E-state index in [0.29, 0.717) is 29.9 Å². The first kappa shape index (κ1) is 26.7. The summed E-state index contributed by atoms with van der Waals surface area (Å²) in [6.45, 7) is 0.416. The number of rotatable bonds is 11. The van der Waals surface area contributed by atoms with E-state index in [9.17, 15) is 18.7 Å². The molecule has 8 nitrogen and oxygen atoms in total. The zero-order valence-electron chi connectivity index (χ0n) is 21.1. The number of unbranched alkanes of at least 4 members (excludes halogenated alkanes) is 2. The van der Waals surface area contributed by atoms with Crippen molar-refractivity contribution in [1.29, 1.82) is 0 Å². The lowest BCUT2D eigenvalue weighted by Crippen LogP contribution is -2.52. The first-order chi connectivity index (χ1) is 18.3. The molecule has 2 amide bonds. The Balaban J connectivity index is 1.54. The lowest BCUT2D eigenvalue weighted by Gasteiger charge is -2.36. The molecule has 3 aromatic carbocycles. The number of halogens is 2. The summed E-state index contributed by atoms with van der Waals surface area (Å²) in [5.74, 6) is -0.689. The van der Waals surface area contributed by atoms with Gasteiger partial charge in [-0.2, -0.15) is 4.80 Å². The lowest BCUT2D eigenvalue weighted by molar-refractivity contribution is 0.229. The molecular weight excluding hydrogens is 490 g/mol. The van der Waals surface area contributed by atoms with E-state index in [4.69, 9.17) is 0 Å². The predicted molar refractivity (Wildman–Crippen MR) is 138 cm³/mol. The van der Waals surface area contributed by atoms with Crippen LogP contribution in [0.1, 0.15) is 41.8 Å². The fourth-order valence-corrected chi connectivity index (χ4v) is 4.46. The predicted octanol–water partition coefficient (Wildman–Crippen LogP) is 4.39. The van der Waals surface area contributed by atoms with Crippen LogP contribution in [-0.2, 0) is 25.4 Å². The number of hydrogen-bond acceptors (Lipinski definition) is 5. The van der Waals surface area contributed by atoms with Crippen molar-refractivity contribution >= 4 is 6.03 Å². The van der Waals surface area contributed by atoms with Gasteiger partial charge in [-0.05, 0) is 59.0 Å². The number of amides is 2. The summed E-state index contributed by atoms with van der Waals surface area (Å²) < 4.78 is 28.4. The number of carbonyl (C=O) groups is 1. The van der Waals surface area contributed by atoms with Crippen LogP contribution in [0.2, 0.25) is 0 Å². The maximum atomic E-state index is 14.5. The summed E-state index contributed by atoms with van der Waals surface area (Å²) in [5, 5.41) is 28.0. The van der Waals surface area contributed by atoms with Crippen molar-refractivity contribution in [1.82, 2.24) is 30.8 Å². The Labute approximate surface area is 219 Å². The number of carbonyl (C=O) groups excluding carboxylic acids is 1. The highest BCUT2D eigenvalue weighted by Crippen LogP contribution is 2.36. The number of phenolic OH excluding ortho intramolecular Hbond substituents is 1. The van der Waals surface area contributed by atoms with E-state index in [1.54, 1.807) is 19.2 Å². The van der Waals surface area contributed by atoms with Crippen LogP contribution < -0.4 is 10.6 Å². The molecular formula is C28H30F2N6O2. The maximum Gasteiger partial charge on any atom is 0.315 e. The van der Waals surface area contributed by atoms with Gasteiger partial charge in [0.1, 0.15) is 17.4 Å². The molecule has 0 aliphatic rings. The fourth-order valence-electron chi connectivity index (χ4n) is 4.46. The number of hydrogen-bond donors (Lipinski definition) is 3. The van der Waals surface area contributed by atoms with Crippen molar-refractivity contribution in [2.75, 3.05) is 6.54 Å². The molecule has 0 fully saturated rings. The summed E-state index contributed by atoms with van der Waals surface area (Å²) in [6.07, 6.45) is 3.37. The quantitative estimate of drug-likeness (QED) is 0.255. The Hall–Kier alpha value is -4.34. The molecule has 0 spiro atoms. The molecule has 0 aliphatic heterocycles. The lowest BCUT2D eigenvalue weighted by atomic mass is 9.77. The number of nitrogens with one attached hydrogen (secondary N) is 2. The minimum atomic E-state index is -1.30. The van der Waals surface area contributed by atoms with E-state index >= 15 is 0 Å². The summed E-state index contributed by atoms with van der Waals surface area (Å²) >= 11 is 0. The van der Waals surface area contributed by atoms with Crippen LogP contribution in [0.5, 0.6) is 5.75 Å². The number of aromatic nitrogens is 4. The van der Waals surface area contributed by atoms with E-state index in [1.165, 1.54) is 29.1 Å². The minimum Gasteiger partial charge on any atom is -0.508 e. The normalized spacial score (nSPS) is 12.6. The smallest absolute Gasteiger partial charge is 0.315 e. The van der Waals surface area contributed by atoms with Crippen molar-refractivity contribution in [2.24, 2.45) is 7.05 Å². The largest absolute Gasteiger partial charge is 0.508 e. The van der Waals surface area contributed by atoms with Gasteiger partial charge >= 0.3 is 6.03 Å². The summed E-state index contributed by atoms with van der Waals surface area (Å²) in [5.41, 5.74) is 0.436. The molecule has 1 aromatic heterocycles. The summed E-state index contributed by atoms with van der Waals surface area (Å²) in [7, 11) is 1.72. The fraction of sp³-hybridized carbons (Fsp3) is 0.286. The van der Waals surface area contributed by atoms with E-state index in [2.05, 4.69) is 26.0 Å². The second kappa shape index (κ2) is 12.3. The SMILES string of the molecule is Cn1nnc(CCCCCNC(=O)N[C@](Cc2ccccc2)(c2ccc(F)cc2)c2cc(O)cc(F)c2)n1. The van der Waals surface area contributed by atoms with Gasteiger partial charge in [0.25, 0.3) is 0 Å². The summed E-state index contributed by atoms with van der Waals surface area (Å²) in [4.78, 5) is 14.6. The van der Waals surface area contributed by atoms with Crippen LogP contribution in [0.25, 0.3) is 0 Å². The van der Waals surface area contributed by atoms with Crippen molar-refractivity contribution in [3.8, 4) is 5.75 Å². The van der Waals surface area contributed by atoms with Crippen molar-refractivity contribution in [3.63, 3.8) is 0 Å². The number of tetrazole rings is 1. The molecule has 0 saturated heterocycles. The Bertz CT molecular complexity index is 1330. The third-order valence-corrected chi connectivity index (χ3v) is 6.26. The van der Waals surface area contributed by atoms with Gasteiger partial charge in [-0.15, -0.1) is 10.2 Å². The van der Waals surface area contributed by atoms with Crippen LogP contribution in [0.4, 0.5) is 13.6 Å². The number of benzene rings is 3. The molecule has 0 unspecified atom stereocenters. The molecule has 0 saturated carbocycles. The van der Waals surface area contributed by atoms with Gasteiger partial charge in [0, 0.05) is 25.5 Å². The van der Waals surface area contributed by atoms with Crippen molar-refractivity contribution in [3.05, 3.63) is 107 Å². The molecule has 0 bridgehead atoms. The monoisotopic (exact) mass is 520 g/mol. The molecule has 1 atom stereocenters. The molecule has 4 rings (SSSR count). The molecule has 1 heterocycles. The van der Waals surface area contributed by atoms with Crippen molar-refractivity contribution < 1.29 is 18.7 Å². The molecule has 38 heavy (non-hydrogen) atoms. The Morgan fingerprint density at radius 1 is 0.947 bits per heavy atom. The third-order valence-electron chi connectivity index (χ3n) is 6.26. The average molecular weight is 521 g/mol. The average Bonchev–Trinajstić information content (AvgIpc) is 3.31. The van der Waals surface area contributed by atoms with Crippen molar-refractivity contribution in [2.45, 2.75) is 37.6 Å². The number of urea groups is 1. The van der Waals surface area contributed by atoms with Crippen LogP contribution in [0.3, 0.4) is 0 Å². The molecule has 10 heteroatoms. The Morgan fingerprint density at radius 2 is 1.71 bits per heavy atom. The van der Waals surface area contributed by atoms with Gasteiger partial charge in [0.05, 0.1) is 12.6 Å². The highest BCUT2D eigenvalue weighted by atomic mass is 19.1. The zero-order valence-corrected chi connectivity index (χ0v) is 21.1. The Kier molecular flexibility index (Phi) is 8.62. The third kappa shape index (κ3) is 6.90. The highest BCUT2D eigenvalue weighted by Gasteiger charge is 2.37. The van der Waals surface area contributed by atoms with E-state index in [-0.39, 0.29) is 12.2 Å². The number of phenols is 1. The first-order valence-electron chi connectivity index (χ1n) is 12.4. The summed E-state index contributed by atoms with van der Waals surface area (Å²) in [6, 6.07) is 18.3.